The summed E-state index contributed by atoms with van der Waals surface area (Å²) in [5.74, 6) is 0.117. The van der Waals surface area contributed by atoms with Crippen LogP contribution in [-0.4, -0.2) is 20.2 Å². The van der Waals surface area contributed by atoms with Crippen LogP contribution >= 0.6 is 23.8 Å². The van der Waals surface area contributed by atoms with Gasteiger partial charge in [0, 0.05) is 23.1 Å². The molecule has 0 saturated carbocycles. The fourth-order valence-electron chi connectivity index (χ4n) is 3.15. The summed E-state index contributed by atoms with van der Waals surface area (Å²) in [4.78, 5) is 9.60. The molecular formula is C18H15ClN4OS. The molecule has 1 aliphatic heterocycles. The standard InChI is InChI=1S/C18H15ClN4OS/c19-11-6-7-15(24)14(10-11)23-17(13-5-3-9-21-13)16(22-18(23)25)12-4-1-2-8-20-12/h1-10,16-17,21,24H,(H,22,25)/t16-,17+/m1/s1. The van der Waals surface area contributed by atoms with Gasteiger partial charge in [-0.2, -0.15) is 0 Å². The van der Waals surface area contributed by atoms with Gasteiger partial charge in [-0.05, 0) is 54.7 Å². The Morgan fingerprint density at radius 2 is 2.04 bits per heavy atom. The van der Waals surface area contributed by atoms with E-state index in [4.69, 9.17) is 23.8 Å². The number of hydrogen-bond donors (Lipinski definition) is 3. The lowest BCUT2D eigenvalue weighted by molar-refractivity contribution is 0.472. The minimum atomic E-state index is -0.193. The van der Waals surface area contributed by atoms with Crippen molar-refractivity contribution in [3.05, 3.63) is 77.3 Å². The normalized spacial score (nSPS) is 19.9. The summed E-state index contributed by atoms with van der Waals surface area (Å²) in [6, 6.07) is 14.3. The number of phenols is 1. The van der Waals surface area contributed by atoms with E-state index in [2.05, 4.69) is 15.3 Å². The number of aromatic nitrogens is 2. The van der Waals surface area contributed by atoms with Gasteiger partial charge in [0.05, 0.1) is 17.4 Å². The minimum absolute atomic E-state index is 0.117. The molecule has 0 spiro atoms. The Labute approximate surface area is 155 Å². The number of pyridine rings is 1. The van der Waals surface area contributed by atoms with Crippen LogP contribution in [0.5, 0.6) is 5.75 Å². The molecule has 5 nitrogen and oxygen atoms in total. The van der Waals surface area contributed by atoms with Gasteiger partial charge in [-0.15, -0.1) is 0 Å². The number of hydrogen-bond acceptors (Lipinski definition) is 3. The Bertz CT molecular complexity index is 901. The van der Waals surface area contributed by atoms with E-state index in [0.717, 1.165) is 11.4 Å². The van der Waals surface area contributed by atoms with Gasteiger partial charge in [-0.1, -0.05) is 17.7 Å². The van der Waals surface area contributed by atoms with E-state index >= 15 is 0 Å². The monoisotopic (exact) mass is 370 g/mol. The predicted molar refractivity (Wildman–Crippen MR) is 102 cm³/mol. The maximum atomic E-state index is 10.4. The van der Waals surface area contributed by atoms with Gasteiger partial charge in [0.1, 0.15) is 11.8 Å². The largest absolute Gasteiger partial charge is 0.506 e. The van der Waals surface area contributed by atoms with Crippen LogP contribution in [0.3, 0.4) is 0 Å². The van der Waals surface area contributed by atoms with Gasteiger partial charge in [-0.25, -0.2) is 0 Å². The maximum absolute atomic E-state index is 10.4. The smallest absolute Gasteiger partial charge is 0.174 e. The molecule has 0 bridgehead atoms. The summed E-state index contributed by atoms with van der Waals surface area (Å²) in [6.07, 6.45) is 3.62. The molecule has 7 heteroatoms. The van der Waals surface area contributed by atoms with E-state index in [9.17, 15) is 5.11 Å². The van der Waals surface area contributed by atoms with Crippen molar-refractivity contribution in [3.8, 4) is 5.75 Å². The quantitative estimate of drug-likeness (QED) is 0.609. The van der Waals surface area contributed by atoms with Crippen molar-refractivity contribution in [1.29, 1.82) is 0 Å². The third-order valence-corrected chi connectivity index (χ3v) is 4.79. The molecule has 1 saturated heterocycles. The summed E-state index contributed by atoms with van der Waals surface area (Å²) < 4.78 is 0. The van der Waals surface area contributed by atoms with Crippen molar-refractivity contribution in [2.24, 2.45) is 0 Å². The molecule has 126 valence electrons. The molecule has 0 unspecified atom stereocenters. The van der Waals surface area contributed by atoms with Crippen LogP contribution in [-0.2, 0) is 0 Å². The number of phenolic OH excluding ortho intramolecular Hbond substituents is 1. The number of aromatic hydroxyl groups is 1. The average molecular weight is 371 g/mol. The summed E-state index contributed by atoms with van der Waals surface area (Å²) in [7, 11) is 0. The zero-order valence-electron chi connectivity index (χ0n) is 13.1. The van der Waals surface area contributed by atoms with Crippen LogP contribution in [0, 0.1) is 0 Å². The second-order valence-electron chi connectivity index (χ2n) is 5.76. The molecule has 1 aliphatic rings. The van der Waals surface area contributed by atoms with Crippen molar-refractivity contribution in [3.63, 3.8) is 0 Å². The van der Waals surface area contributed by atoms with Crippen LogP contribution in [0.15, 0.2) is 60.9 Å². The molecule has 3 N–H and O–H groups in total. The topological polar surface area (TPSA) is 64.2 Å². The lowest BCUT2D eigenvalue weighted by atomic mass is 10.0. The highest BCUT2D eigenvalue weighted by Crippen LogP contribution is 2.44. The maximum Gasteiger partial charge on any atom is 0.174 e. The van der Waals surface area contributed by atoms with Crippen LogP contribution in [0.2, 0.25) is 5.02 Å². The van der Waals surface area contributed by atoms with Crippen molar-refractivity contribution in [2.75, 3.05) is 4.90 Å². The lowest BCUT2D eigenvalue weighted by Crippen LogP contribution is -2.29. The number of thiocarbonyl (C=S) groups is 1. The number of H-pyrrole nitrogens is 1. The molecule has 4 rings (SSSR count). The van der Waals surface area contributed by atoms with Crippen LogP contribution < -0.4 is 10.2 Å². The van der Waals surface area contributed by atoms with Crippen LogP contribution in [0.4, 0.5) is 5.69 Å². The number of aromatic amines is 1. The SMILES string of the molecule is Oc1ccc(Cl)cc1N1C(=S)N[C@H](c2ccccn2)[C@@H]1c1ccc[nH]1. The molecule has 0 aliphatic carbocycles. The van der Waals surface area contributed by atoms with Gasteiger partial charge in [-0.3, -0.25) is 4.98 Å². The van der Waals surface area contributed by atoms with E-state index in [0.29, 0.717) is 15.8 Å². The van der Waals surface area contributed by atoms with Gasteiger partial charge in [0.25, 0.3) is 0 Å². The van der Waals surface area contributed by atoms with E-state index in [1.807, 2.05) is 41.4 Å². The molecular weight excluding hydrogens is 356 g/mol. The van der Waals surface area contributed by atoms with Gasteiger partial charge in [0.15, 0.2) is 5.11 Å². The summed E-state index contributed by atoms with van der Waals surface area (Å²) >= 11 is 11.7. The zero-order chi connectivity index (χ0) is 17.4. The van der Waals surface area contributed by atoms with Crippen molar-refractivity contribution < 1.29 is 5.11 Å². The first-order valence-corrected chi connectivity index (χ1v) is 8.56. The van der Waals surface area contributed by atoms with Crippen LogP contribution in [0.25, 0.3) is 0 Å². The first kappa shape index (κ1) is 15.9. The van der Waals surface area contributed by atoms with Gasteiger partial charge < -0.3 is 20.3 Å². The first-order chi connectivity index (χ1) is 12.1. The molecule has 1 fully saturated rings. The summed E-state index contributed by atoms with van der Waals surface area (Å²) in [6.45, 7) is 0. The number of anilines is 1. The molecule has 1 aromatic carbocycles. The minimum Gasteiger partial charge on any atom is -0.506 e. The fourth-order valence-corrected chi connectivity index (χ4v) is 3.65. The summed E-state index contributed by atoms with van der Waals surface area (Å²) in [5.41, 5.74) is 2.39. The third kappa shape index (κ3) is 2.83. The molecule has 0 amide bonds. The number of halogens is 1. The Hall–Kier alpha value is -2.57. The van der Waals surface area contributed by atoms with Crippen molar-refractivity contribution in [1.82, 2.24) is 15.3 Å². The Morgan fingerprint density at radius 3 is 2.76 bits per heavy atom. The van der Waals surface area contributed by atoms with E-state index < -0.39 is 0 Å². The highest BCUT2D eigenvalue weighted by Gasteiger charge is 2.42. The lowest BCUT2D eigenvalue weighted by Gasteiger charge is -2.27. The molecule has 2 aromatic heterocycles. The fraction of sp³-hybridized carbons (Fsp3) is 0.111. The van der Waals surface area contributed by atoms with Crippen LogP contribution in [0.1, 0.15) is 23.5 Å². The number of rotatable bonds is 3. The average Bonchev–Trinajstić information content (AvgIpc) is 3.25. The molecule has 3 aromatic rings. The van der Waals surface area contributed by atoms with Gasteiger partial charge >= 0.3 is 0 Å². The first-order valence-electron chi connectivity index (χ1n) is 7.77. The molecule has 25 heavy (non-hydrogen) atoms. The Morgan fingerprint density at radius 1 is 1.16 bits per heavy atom. The molecule has 2 atom stereocenters. The number of benzene rings is 1. The molecule has 3 heterocycles. The second kappa shape index (κ2) is 6.38. The molecule has 0 radical (unpaired) electrons. The Balaban J connectivity index is 1.85. The van der Waals surface area contributed by atoms with E-state index in [-0.39, 0.29) is 17.8 Å². The van der Waals surface area contributed by atoms with Crippen molar-refractivity contribution in [2.45, 2.75) is 12.1 Å². The van der Waals surface area contributed by atoms with E-state index in [1.54, 1.807) is 24.4 Å². The highest BCUT2D eigenvalue weighted by atomic mass is 35.5. The predicted octanol–water partition coefficient (Wildman–Crippen LogP) is 3.95. The van der Waals surface area contributed by atoms with E-state index in [1.165, 1.54) is 0 Å². The third-order valence-electron chi connectivity index (χ3n) is 4.24. The zero-order valence-corrected chi connectivity index (χ0v) is 14.6. The Kier molecular flexibility index (Phi) is 4.07. The number of nitrogens with one attached hydrogen (secondary N) is 2. The van der Waals surface area contributed by atoms with Crippen molar-refractivity contribution >= 4 is 34.6 Å². The number of nitrogens with zero attached hydrogens (tertiary/aromatic N) is 2. The highest BCUT2D eigenvalue weighted by molar-refractivity contribution is 7.80. The second-order valence-corrected chi connectivity index (χ2v) is 6.58. The van der Waals surface area contributed by atoms with Gasteiger partial charge in [0.2, 0.25) is 0 Å². The summed E-state index contributed by atoms with van der Waals surface area (Å²) in [5, 5.41) is 14.7.